The maximum Gasteiger partial charge on any atom is 0.410 e. The van der Waals surface area contributed by atoms with Crippen LogP contribution in [0.4, 0.5) is 4.79 Å². The number of carboxylic acids is 1. The van der Waals surface area contributed by atoms with E-state index in [4.69, 9.17) is 14.6 Å². The van der Waals surface area contributed by atoms with Crippen LogP contribution in [-0.2, 0) is 14.3 Å². The SMILES string of the molecule is CCC(OC(=O)NCC1CCC(C(=O)O)CC1)OC(=O)c1ccccc1. The number of aliphatic carboxylic acids is 1. The number of benzene rings is 1. The molecule has 142 valence electrons. The number of amides is 1. The van der Waals surface area contributed by atoms with E-state index in [0.717, 1.165) is 12.8 Å². The molecule has 1 unspecified atom stereocenters. The molecule has 26 heavy (non-hydrogen) atoms. The minimum absolute atomic E-state index is 0.241. The Kier molecular flexibility index (Phi) is 7.44. The van der Waals surface area contributed by atoms with E-state index in [1.54, 1.807) is 37.3 Å². The predicted octanol–water partition coefficient (Wildman–Crippen LogP) is 3.20. The molecule has 2 rings (SSSR count). The van der Waals surface area contributed by atoms with Gasteiger partial charge >= 0.3 is 18.0 Å². The van der Waals surface area contributed by atoms with Crippen LogP contribution in [0.3, 0.4) is 0 Å². The van der Waals surface area contributed by atoms with E-state index >= 15 is 0 Å². The Balaban J connectivity index is 1.72. The third-order valence-electron chi connectivity index (χ3n) is 4.55. The lowest BCUT2D eigenvalue weighted by Crippen LogP contribution is -2.35. The van der Waals surface area contributed by atoms with Crippen LogP contribution in [0.25, 0.3) is 0 Å². The second-order valence-electron chi connectivity index (χ2n) is 6.45. The van der Waals surface area contributed by atoms with Gasteiger partial charge in [-0.25, -0.2) is 9.59 Å². The van der Waals surface area contributed by atoms with Gasteiger partial charge in [0.05, 0.1) is 11.5 Å². The third kappa shape index (κ3) is 6.06. The van der Waals surface area contributed by atoms with Crippen LogP contribution in [0.2, 0.25) is 0 Å². The van der Waals surface area contributed by atoms with E-state index < -0.39 is 24.3 Å². The number of ether oxygens (including phenoxy) is 2. The molecular weight excluding hydrogens is 338 g/mol. The van der Waals surface area contributed by atoms with Gasteiger partial charge in [-0.15, -0.1) is 0 Å². The van der Waals surface area contributed by atoms with Gasteiger partial charge in [-0.3, -0.25) is 4.79 Å². The van der Waals surface area contributed by atoms with Crippen molar-refractivity contribution in [1.29, 1.82) is 0 Å². The first-order valence-corrected chi connectivity index (χ1v) is 8.93. The summed E-state index contributed by atoms with van der Waals surface area (Å²) in [6, 6.07) is 8.50. The van der Waals surface area contributed by atoms with Crippen molar-refractivity contribution in [3.63, 3.8) is 0 Å². The number of alkyl carbamates (subject to hydrolysis) is 1. The van der Waals surface area contributed by atoms with E-state index in [-0.39, 0.29) is 11.8 Å². The molecule has 1 aliphatic carbocycles. The zero-order chi connectivity index (χ0) is 18.9. The highest BCUT2D eigenvalue weighted by Gasteiger charge is 2.26. The summed E-state index contributed by atoms with van der Waals surface area (Å²) >= 11 is 0. The molecule has 7 nitrogen and oxygen atoms in total. The molecule has 0 radical (unpaired) electrons. The maximum absolute atomic E-state index is 12.0. The molecule has 0 spiro atoms. The Hall–Kier alpha value is -2.57. The summed E-state index contributed by atoms with van der Waals surface area (Å²) < 4.78 is 10.4. The van der Waals surface area contributed by atoms with Crippen LogP contribution < -0.4 is 5.32 Å². The summed E-state index contributed by atoms with van der Waals surface area (Å²) in [5, 5.41) is 11.7. The molecule has 1 aromatic rings. The lowest BCUT2D eigenvalue weighted by molar-refractivity contribution is -0.143. The summed E-state index contributed by atoms with van der Waals surface area (Å²) in [7, 11) is 0. The molecule has 1 atom stereocenters. The number of esters is 1. The molecule has 1 fully saturated rings. The minimum Gasteiger partial charge on any atom is -0.481 e. The second kappa shape index (κ2) is 9.79. The van der Waals surface area contributed by atoms with Gasteiger partial charge in [0, 0.05) is 13.0 Å². The van der Waals surface area contributed by atoms with E-state index in [1.165, 1.54) is 0 Å². The molecule has 0 heterocycles. The Morgan fingerprint density at radius 3 is 2.35 bits per heavy atom. The second-order valence-corrected chi connectivity index (χ2v) is 6.45. The average molecular weight is 363 g/mol. The summed E-state index contributed by atoms with van der Waals surface area (Å²) in [6.45, 7) is 2.18. The number of carbonyl (C=O) groups is 3. The molecule has 2 N–H and O–H groups in total. The normalized spacial score (nSPS) is 20.7. The van der Waals surface area contributed by atoms with Crippen molar-refractivity contribution in [2.45, 2.75) is 45.3 Å². The lowest BCUT2D eigenvalue weighted by Gasteiger charge is -2.26. The van der Waals surface area contributed by atoms with Gasteiger partial charge in [0.25, 0.3) is 0 Å². The molecule has 0 saturated heterocycles. The summed E-state index contributed by atoms with van der Waals surface area (Å²) in [4.78, 5) is 34.9. The van der Waals surface area contributed by atoms with Crippen LogP contribution >= 0.6 is 0 Å². The monoisotopic (exact) mass is 363 g/mol. The summed E-state index contributed by atoms with van der Waals surface area (Å²) in [5.74, 6) is -1.33. The molecule has 1 aliphatic rings. The molecule has 7 heteroatoms. The first kappa shape index (κ1) is 19.8. The van der Waals surface area contributed by atoms with Crippen LogP contribution in [0.15, 0.2) is 30.3 Å². The molecule has 1 aromatic carbocycles. The largest absolute Gasteiger partial charge is 0.481 e. The van der Waals surface area contributed by atoms with Crippen molar-refractivity contribution in [2.75, 3.05) is 6.54 Å². The summed E-state index contributed by atoms with van der Waals surface area (Å²) in [6.07, 6.45) is 1.53. The first-order chi connectivity index (χ1) is 12.5. The van der Waals surface area contributed by atoms with Gasteiger partial charge < -0.3 is 19.9 Å². The highest BCUT2D eigenvalue weighted by molar-refractivity contribution is 5.89. The first-order valence-electron chi connectivity index (χ1n) is 8.93. The number of carbonyl (C=O) groups excluding carboxylic acids is 2. The van der Waals surface area contributed by atoms with Crippen molar-refractivity contribution < 1.29 is 29.0 Å². The fourth-order valence-corrected chi connectivity index (χ4v) is 2.95. The molecule has 0 bridgehead atoms. The zero-order valence-electron chi connectivity index (χ0n) is 14.8. The Morgan fingerprint density at radius 2 is 1.77 bits per heavy atom. The number of hydrogen-bond donors (Lipinski definition) is 2. The Labute approximate surface area is 152 Å². The van der Waals surface area contributed by atoms with Crippen molar-refractivity contribution in [3.05, 3.63) is 35.9 Å². The number of carboxylic acid groups (broad SMARTS) is 1. The van der Waals surface area contributed by atoms with Crippen LogP contribution in [0, 0.1) is 11.8 Å². The van der Waals surface area contributed by atoms with E-state index in [0.29, 0.717) is 31.4 Å². The van der Waals surface area contributed by atoms with Crippen molar-refractivity contribution in [1.82, 2.24) is 5.32 Å². The van der Waals surface area contributed by atoms with Gasteiger partial charge in [-0.05, 0) is 43.7 Å². The van der Waals surface area contributed by atoms with E-state index in [2.05, 4.69) is 5.32 Å². The summed E-state index contributed by atoms with van der Waals surface area (Å²) in [5.41, 5.74) is 0.394. The molecule has 1 saturated carbocycles. The molecule has 1 amide bonds. The van der Waals surface area contributed by atoms with Gasteiger partial charge in [-0.1, -0.05) is 25.1 Å². The van der Waals surface area contributed by atoms with Crippen LogP contribution in [-0.4, -0.2) is 36.0 Å². The van der Waals surface area contributed by atoms with Crippen molar-refractivity contribution >= 4 is 18.0 Å². The standard InChI is InChI=1S/C19H25NO6/c1-2-16(25-18(23)15-6-4-3-5-7-15)26-19(24)20-12-13-8-10-14(11-9-13)17(21)22/h3-7,13-14,16H,2,8-12H2,1H3,(H,20,24)(H,21,22). The van der Waals surface area contributed by atoms with Gasteiger partial charge in [0.2, 0.25) is 6.29 Å². The smallest absolute Gasteiger partial charge is 0.410 e. The highest BCUT2D eigenvalue weighted by Crippen LogP contribution is 2.28. The maximum atomic E-state index is 12.0. The number of hydrogen-bond acceptors (Lipinski definition) is 5. The highest BCUT2D eigenvalue weighted by atomic mass is 16.7. The minimum atomic E-state index is -0.953. The quantitative estimate of drug-likeness (QED) is 0.570. The predicted molar refractivity (Wildman–Crippen MR) is 93.5 cm³/mol. The van der Waals surface area contributed by atoms with Gasteiger partial charge in [-0.2, -0.15) is 0 Å². The van der Waals surface area contributed by atoms with Gasteiger partial charge in [0.15, 0.2) is 0 Å². The average Bonchev–Trinajstić information content (AvgIpc) is 2.66. The van der Waals surface area contributed by atoms with E-state index in [1.807, 2.05) is 0 Å². The zero-order valence-corrected chi connectivity index (χ0v) is 14.8. The fourth-order valence-electron chi connectivity index (χ4n) is 2.95. The van der Waals surface area contributed by atoms with Crippen molar-refractivity contribution in [3.8, 4) is 0 Å². The van der Waals surface area contributed by atoms with Crippen molar-refractivity contribution in [2.24, 2.45) is 11.8 Å². The molecular formula is C19H25NO6. The number of rotatable bonds is 7. The molecule has 0 aliphatic heterocycles. The van der Waals surface area contributed by atoms with Crippen LogP contribution in [0.1, 0.15) is 49.4 Å². The Morgan fingerprint density at radius 1 is 1.12 bits per heavy atom. The van der Waals surface area contributed by atoms with E-state index in [9.17, 15) is 14.4 Å². The van der Waals surface area contributed by atoms with Gasteiger partial charge in [0.1, 0.15) is 0 Å². The lowest BCUT2D eigenvalue weighted by atomic mass is 9.82. The fraction of sp³-hybridized carbons (Fsp3) is 0.526. The third-order valence-corrected chi connectivity index (χ3v) is 4.55. The Bertz CT molecular complexity index is 610. The molecule has 0 aromatic heterocycles. The number of nitrogens with one attached hydrogen (secondary N) is 1. The topological polar surface area (TPSA) is 102 Å². The van der Waals surface area contributed by atoms with Crippen LogP contribution in [0.5, 0.6) is 0 Å².